The van der Waals surface area contributed by atoms with E-state index in [0.717, 1.165) is 37.3 Å². The highest BCUT2D eigenvalue weighted by atomic mass is 35.5. The van der Waals surface area contributed by atoms with Crippen molar-refractivity contribution in [2.75, 3.05) is 13.1 Å². The van der Waals surface area contributed by atoms with Crippen LogP contribution in [0.4, 0.5) is 0 Å². The molecule has 2 rings (SSSR count). The van der Waals surface area contributed by atoms with Crippen LogP contribution in [0.25, 0.3) is 0 Å². The number of nitrogens with zero attached hydrogens (tertiary/aromatic N) is 1. The van der Waals surface area contributed by atoms with Gasteiger partial charge in [0.25, 0.3) is 0 Å². The summed E-state index contributed by atoms with van der Waals surface area (Å²) in [5.41, 5.74) is 7.46. The van der Waals surface area contributed by atoms with Crippen LogP contribution in [-0.2, 0) is 11.2 Å². The van der Waals surface area contributed by atoms with Crippen LogP contribution in [0.5, 0.6) is 0 Å². The van der Waals surface area contributed by atoms with Gasteiger partial charge in [-0.2, -0.15) is 0 Å². The second-order valence-electron chi connectivity index (χ2n) is 4.17. The summed E-state index contributed by atoms with van der Waals surface area (Å²) < 4.78 is 0. The van der Waals surface area contributed by atoms with Crippen molar-refractivity contribution in [2.24, 2.45) is 10.7 Å². The minimum Gasteiger partial charge on any atom is -0.370 e. The number of halogens is 1. The van der Waals surface area contributed by atoms with E-state index in [1.54, 1.807) is 0 Å². The number of carbonyl (C=O) groups is 1. The standard InChI is InChI=1S/C13H17N3O.ClH/c14-12(17)3-1-2-10-4-6-11(7-5-10)13-15-8-9-16-13;/h4-7H,1-3,8-9H2,(H2,14,17)(H,15,16);1H. The molecular formula is C13H18ClN3O. The molecule has 1 amide bonds. The first-order valence-electron chi connectivity index (χ1n) is 5.91. The van der Waals surface area contributed by atoms with Gasteiger partial charge in [0, 0.05) is 18.5 Å². The molecule has 0 aromatic heterocycles. The van der Waals surface area contributed by atoms with Crippen LogP contribution in [0.15, 0.2) is 29.3 Å². The molecule has 1 aliphatic rings. The minimum absolute atomic E-state index is 0. The second kappa shape index (κ2) is 7.01. The van der Waals surface area contributed by atoms with Crippen molar-refractivity contribution in [3.8, 4) is 0 Å². The number of benzene rings is 1. The number of rotatable bonds is 5. The monoisotopic (exact) mass is 267 g/mol. The molecule has 1 aliphatic heterocycles. The summed E-state index contributed by atoms with van der Waals surface area (Å²) in [7, 11) is 0. The molecule has 0 aliphatic carbocycles. The van der Waals surface area contributed by atoms with E-state index in [1.165, 1.54) is 5.56 Å². The first-order chi connectivity index (χ1) is 8.25. The van der Waals surface area contributed by atoms with Crippen LogP contribution in [-0.4, -0.2) is 24.8 Å². The van der Waals surface area contributed by atoms with Crippen LogP contribution in [0, 0.1) is 0 Å². The molecule has 0 radical (unpaired) electrons. The first kappa shape index (κ1) is 14.5. The third kappa shape index (κ3) is 4.04. The third-order valence-electron chi connectivity index (χ3n) is 2.79. The van der Waals surface area contributed by atoms with E-state index in [2.05, 4.69) is 34.6 Å². The molecule has 0 unspecified atom stereocenters. The van der Waals surface area contributed by atoms with Crippen molar-refractivity contribution in [1.82, 2.24) is 5.32 Å². The number of nitrogens with one attached hydrogen (secondary N) is 1. The van der Waals surface area contributed by atoms with Crippen molar-refractivity contribution in [1.29, 1.82) is 0 Å². The molecule has 4 nitrogen and oxygen atoms in total. The quantitative estimate of drug-likeness (QED) is 0.844. The van der Waals surface area contributed by atoms with Gasteiger partial charge in [-0.1, -0.05) is 24.3 Å². The van der Waals surface area contributed by atoms with E-state index >= 15 is 0 Å². The van der Waals surface area contributed by atoms with Gasteiger partial charge in [-0.05, 0) is 18.4 Å². The lowest BCUT2D eigenvalue weighted by atomic mass is 10.1. The summed E-state index contributed by atoms with van der Waals surface area (Å²) in [5, 5.41) is 3.24. The Kier molecular flexibility index (Phi) is 5.65. The number of hydrogen-bond acceptors (Lipinski definition) is 3. The van der Waals surface area contributed by atoms with E-state index in [4.69, 9.17) is 5.73 Å². The topological polar surface area (TPSA) is 67.5 Å². The summed E-state index contributed by atoms with van der Waals surface area (Å²) >= 11 is 0. The molecule has 1 aromatic carbocycles. The van der Waals surface area contributed by atoms with Crippen molar-refractivity contribution < 1.29 is 4.79 Å². The van der Waals surface area contributed by atoms with E-state index in [0.29, 0.717) is 6.42 Å². The van der Waals surface area contributed by atoms with E-state index in [-0.39, 0.29) is 18.3 Å². The predicted octanol–water partition coefficient (Wildman–Crippen LogP) is 1.27. The van der Waals surface area contributed by atoms with Gasteiger partial charge in [-0.3, -0.25) is 9.79 Å². The fourth-order valence-electron chi connectivity index (χ4n) is 1.89. The first-order valence-corrected chi connectivity index (χ1v) is 5.91. The molecule has 0 bridgehead atoms. The normalized spacial score (nSPS) is 13.4. The van der Waals surface area contributed by atoms with Crippen LogP contribution >= 0.6 is 12.4 Å². The SMILES string of the molecule is Cl.NC(=O)CCCc1ccc(C2=NCCN2)cc1. The fourth-order valence-corrected chi connectivity index (χ4v) is 1.89. The van der Waals surface area contributed by atoms with Gasteiger partial charge in [0.15, 0.2) is 0 Å². The highest BCUT2D eigenvalue weighted by Crippen LogP contribution is 2.09. The number of carbonyl (C=O) groups excluding carboxylic acids is 1. The average molecular weight is 268 g/mol. The Bertz CT molecular complexity index is 428. The molecule has 98 valence electrons. The van der Waals surface area contributed by atoms with Crippen LogP contribution < -0.4 is 11.1 Å². The molecule has 0 spiro atoms. The molecule has 3 N–H and O–H groups in total. The van der Waals surface area contributed by atoms with Crippen molar-refractivity contribution in [3.63, 3.8) is 0 Å². The number of nitrogens with two attached hydrogens (primary N) is 1. The minimum atomic E-state index is -0.230. The maximum atomic E-state index is 10.6. The summed E-state index contributed by atoms with van der Waals surface area (Å²) in [4.78, 5) is 15.0. The Labute approximate surface area is 113 Å². The Hall–Kier alpha value is -1.55. The van der Waals surface area contributed by atoms with Crippen LogP contribution in [0.1, 0.15) is 24.0 Å². The number of aliphatic imine (C=N–C) groups is 1. The third-order valence-corrected chi connectivity index (χ3v) is 2.79. The van der Waals surface area contributed by atoms with Crippen molar-refractivity contribution in [3.05, 3.63) is 35.4 Å². The molecule has 0 atom stereocenters. The molecule has 0 fully saturated rings. The van der Waals surface area contributed by atoms with Gasteiger partial charge >= 0.3 is 0 Å². The predicted molar refractivity (Wildman–Crippen MR) is 75.2 cm³/mol. The highest BCUT2D eigenvalue weighted by Gasteiger charge is 2.07. The summed E-state index contributed by atoms with van der Waals surface area (Å²) in [5.74, 6) is 0.750. The Balaban J connectivity index is 0.00000162. The molecular weight excluding hydrogens is 250 g/mol. The van der Waals surface area contributed by atoms with Crippen LogP contribution in [0.3, 0.4) is 0 Å². The number of hydrogen-bond donors (Lipinski definition) is 2. The number of amides is 1. The largest absolute Gasteiger partial charge is 0.370 e. The van der Waals surface area contributed by atoms with Gasteiger partial charge in [0.2, 0.25) is 5.91 Å². The number of primary amides is 1. The van der Waals surface area contributed by atoms with E-state index < -0.39 is 0 Å². The van der Waals surface area contributed by atoms with Crippen molar-refractivity contribution >= 4 is 24.1 Å². The van der Waals surface area contributed by atoms with Gasteiger partial charge in [0.1, 0.15) is 5.84 Å². The van der Waals surface area contributed by atoms with Gasteiger partial charge in [-0.15, -0.1) is 12.4 Å². The second-order valence-corrected chi connectivity index (χ2v) is 4.17. The van der Waals surface area contributed by atoms with Crippen molar-refractivity contribution in [2.45, 2.75) is 19.3 Å². The van der Waals surface area contributed by atoms with E-state index in [9.17, 15) is 4.79 Å². The van der Waals surface area contributed by atoms with Gasteiger partial charge < -0.3 is 11.1 Å². The zero-order valence-corrected chi connectivity index (χ0v) is 11.0. The summed E-state index contributed by atoms with van der Waals surface area (Å²) in [6, 6.07) is 8.30. The fraction of sp³-hybridized carbons (Fsp3) is 0.385. The lowest BCUT2D eigenvalue weighted by molar-refractivity contribution is -0.118. The average Bonchev–Trinajstić information content (AvgIpc) is 2.83. The molecule has 18 heavy (non-hydrogen) atoms. The lowest BCUT2D eigenvalue weighted by Gasteiger charge is -2.04. The van der Waals surface area contributed by atoms with Crippen LogP contribution in [0.2, 0.25) is 0 Å². The maximum absolute atomic E-state index is 10.6. The Morgan fingerprint density at radius 1 is 1.33 bits per heavy atom. The van der Waals surface area contributed by atoms with Gasteiger partial charge in [0.05, 0.1) is 6.54 Å². The molecule has 1 heterocycles. The smallest absolute Gasteiger partial charge is 0.217 e. The Morgan fingerprint density at radius 2 is 2.06 bits per heavy atom. The molecule has 5 heteroatoms. The van der Waals surface area contributed by atoms with Gasteiger partial charge in [-0.25, -0.2) is 0 Å². The molecule has 0 saturated heterocycles. The zero-order chi connectivity index (χ0) is 12.1. The summed E-state index contributed by atoms with van der Waals surface area (Å²) in [6.07, 6.45) is 2.16. The zero-order valence-electron chi connectivity index (χ0n) is 10.2. The highest BCUT2D eigenvalue weighted by molar-refractivity contribution is 5.99. The number of amidine groups is 1. The molecule has 0 saturated carbocycles. The molecule has 1 aromatic rings. The summed E-state index contributed by atoms with van der Waals surface area (Å²) in [6.45, 7) is 1.78. The van der Waals surface area contributed by atoms with E-state index in [1.807, 2.05) is 0 Å². The lowest BCUT2D eigenvalue weighted by Crippen LogP contribution is -2.19. The number of aryl methyl sites for hydroxylation is 1. The maximum Gasteiger partial charge on any atom is 0.217 e. The Morgan fingerprint density at radius 3 is 2.61 bits per heavy atom.